The van der Waals surface area contributed by atoms with Crippen LogP contribution in [0.3, 0.4) is 0 Å². The number of oxime groups is 1. The SMILES string of the molecule is N#CC(=NO)c1cccc(COc2ccccc2)c1. The van der Waals surface area contributed by atoms with Crippen LogP contribution in [0.4, 0.5) is 0 Å². The molecule has 0 heterocycles. The topological polar surface area (TPSA) is 65.6 Å². The summed E-state index contributed by atoms with van der Waals surface area (Å²) in [6, 6.07) is 18.5. The first-order valence-electron chi connectivity index (χ1n) is 5.73. The van der Waals surface area contributed by atoms with Crippen molar-refractivity contribution < 1.29 is 9.94 Å². The van der Waals surface area contributed by atoms with Gasteiger partial charge in [0.25, 0.3) is 0 Å². The summed E-state index contributed by atoms with van der Waals surface area (Å²) in [6.07, 6.45) is 0. The number of nitrogens with zero attached hydrogens (tertiary/aromatic N) is 2. The smallest absolute Gasteiger partial charge is 0.186 e. The lowest BCUT2D eigenvalue weighted by atomic mass is 10.1. The summed E-state index contributed by atoms with van der Waals surface area (Å²) in [6.45, 7) is 0.391. The first-order chi connectivity index (χ1) is 9.33. The third-order valence-corrected chi connectivity index (χ3v) is 2.56. The lowest BCUT2D eigenvalue weighted by Gasteiger charge is -2.06. The van der Waals surface area contributed by atoms with Gasteiger partial charge in [-0.15, -0.1) is 0 Å². The van der Waals surface area contributed by atoms with E-state index in [1.165, 1.54) is 0 Å². The molecule has 2 rings (SSSR count). The minimum absolute atomic E-state index is 0.0124. The van der Waals surface area contributed by atoms with Crippen molar-refractivity contribution in [3.8, 4) is 11.8 Å². The molecule has 0 bridgehead atoms. The van der Waals surface area contributed by atoms with E-state index >= 15 is 0 Å². The maximum absolute atomic E-state index is 8.81. The van der Waals surface area contributed by atoms with Crippen molar-refractivity contribution in [3.63, 3.8) is 0 Å². The van der Waals surface area contributed by atoms with Crippen molar-refractivity contribution in [1.82, 2.24) is 0 Å². The standard InChI is InChI=1S/C15H12N2O2/c16-10-15(17-18)13-6-4-5-12(9-13)11-19-14-7-2-1-3-8-14/h1-9,18H,11H2. The highest BCUT2D eigenvalue weighted by atomic mass is 16.5. The van der Waals surface area contributed by atoms with Gasteiger partial charge in [0.2, 0.25) is 0 Å². The van der Waals surface area contributed by atoms with Gasteiger partial charge >= 0.3 is 0 Å². The summed E-state index contributed by atoms with van der Waals surface area (Å²) in [4.78, 5) is 0. The molecule has 0 aliphatic heterocycles. The van der Waals surface area contributed by atoms with Gasteiger partial charge in [-0.2, -0.15) is 5.26 Å². The Hall–Kier alpha value is -2.80. The average molecular weight is 252 g/mol. The molecular formula is C15H12N2O2. The fraction of sp³-hybridized carbons (Fsp3) is 0.0667. The third kappa shape index (κ3) is 3.33. The number of hydrogen-bond acceptors (Lipinski definition) is 4. The zero-order valence-electron chi connectivity index (χ0n) is 10.2. The Morgan fingerprint density at radius 3 is 2.63 bits per heavy atom. The minimum atomic E-state index is -0.0124. The molecule has 2 aromatic carbocycles. The molecule has 0 radical (unpaired) electrons. The Morgan fingerprint density at radius 2 is 1.95 bits per heavy atom. The molecule has 0 aliphatic rings. The van der Waals surface area contributed by atoms with Gasteiger partial charge in [0.05, 0.1) is 0 Å². The van der Waals surface area contributed by atoms with Crippen molar-refractivity contribution in [2.45, 2.75) is 6.61 Å². The molecule has 0 unspecified atom stereocenters. The molecule has 0 aliphatic carbocycles. The number of benzene rings is 2. The second-order valence-electron chi connectivity index (χ2n) is 3.86. The van der Waals surface area contributed by atoms with E-state index < -0.39 is 0 Å². The molecule has 94 valence electrons. The highest BCUT2D eigenvalue weighted by Gasteiger charge is 2.04. The molecule has 19 heavy (non-hydrogen) atoms. The lowest BCUT2D eigenvalue weighted by molar-refractivity contribution is 0.306. The molecule has 2 aromatic rings. The Labute approximate surface area is 111 Å². The molecule has 4 heteroatoms. The molecule has 0 amide bonds. The monoisotopic (exact) mass is 252 g/mol. The van der Waals surface area contributed by atoms with Gasteiger partial charge in [0.15, 0.2) is 5.71 Å². The van der Waals surface area contributed by atoms with Gasteiger partial charge < -0.3 is 9.94 Å². The molecule has 1 N–H and O–H groups in total. The van der Waals surface area contributed by atoms with E-state index in [4.69, 9.17) is 15.2 Å². The molecule has 0 saturated carbocycles. The number of nitriles is 1. The van der Waals surface area contributed by atoms with E-state index in [2.05, 4.69) is 5.16 Å². The van der Waals surface area contributed by atoms with E-state index in [1.54, 1.807) is 18.2 Å². The lowest BCUT2D eigenvalue weighted by Crippen LogP contribution is -2.00. The van der Waals surface area contributed by atoms with E-state index in [0.29, 0.717) is 12.2 Å². The highest BCUT2D eigenvalue weighted by molar-refractivity contribution is 6.11. The van der Waals surface area contributed by atoms with Crippen LogP contribution in [0, 0.1) is 11.3 Å². The summed E-state index contributed by atoms with van der Waals surface area (Å²) >= 11 is 0. The van der Waals surface area contributed by atoms with Crippen molar-refractivity contribution in [2.75, 3.05) is 0 Å². The van der Waals surface area contributed by atoms with E-state index in [9.17, 15) is 0 Å². The van der Waals surface area contributed by atoms with Crippen LogP contribution in [-0.2, 0) is 6.61 Å². The predicted molar refractivity (Wildman–Crippen MR) is 71.2 cm³/mol. The fourth-order valence-corrected chi connectivity index (χ4v) is 1.64. The van der Waals surface area contributed by atoms with Crippen LogP contribution in [0.2, 0.25) is 0 Å². The molecule has 4 nitrogen and oxygen atoms in total. The maximum atomic E-state index is 8.81. The van der Waals surface area contributed by atoms with Gasteiger partial charge in [-0.05, 0) is 23.8 Å². The number of hydrogen-bond donors (Lipinski definition) is 1. The zero-order valence-corrected chi connectivity index (χ0v) is 10.2. The number of ether oxygens (including phenoxy) is 1. The molecular weight excluding hydrogens is 240 g/mol. The number of rotatable bonds is 4. The van der Waals surface area contributed by atoms with Gasteiger partial charge in [0, 0.05) is 5.56 Å². The van der Waals surface area contributed by atoms with E-state index in [0.717, 1.165) is 11.3 Å². The van der Waals surface area contributed by atoms with Crippen LogP contribution in [-0.4, -0.2) is 10.9 Å². The maximum Gasteiger partial charge on any atom is 0.186 e. The third-order valence-electron chi connectivity index (χ3n) is 2.56. The van der Waals surface area contributed by atoms with Crippen molar-refractivity contribution in [2.24, 2.45) is 5.16 Å². The molecule has 0 fully saturated rings. The predicted octanol–water partition coefficient (Wildman–Crippen LogP) is 2.97. The molecule has 0 spiro atoms. The normalized spacial score (nSPS) is 10.8. The van der Waals surface area contributed by atoms with Crippen molar-refractivity contribution in [1.29, 1.82) is 5.26 Å². The zero-order chi connectivity index (χ0) is 13.5. The Balaban J connectivity index is 2.10. The van der Waals surface area contributed by atoms with Crippen LogP contribution in [0.1, 0.15) is 11.1 Å². The average Bonchev–Trinajstić information content (AvgIpc) is 2.48. The van der Waals surface area contributed by atoms with Crippen LogP contribution in [0.15, 0.2) is 59.8 Å². The first-order valence-corrected chi connectivity index (χ1v) is 5.73. The van der Waals surface area contributed by atoms with Gasteiger partial charge in [-0.25, -0.2) is 0 Å². The Bertz CT molecular complexity index is 616. The number of para-hydroxylation sites is 1. The van der Waals surface area contributed by atoms with Crippen LogP contribution >= 0.6 is 0 Å². The highest BCUT2D eigenvalue weighted by Crippen LogP contribution is 2.13. The van der Waals surface area contributed by atoms with Crippen LogP contribution < -0.4 is 4.74 Å². The van der Waals surface area contributed by atoms with Gasteiger partial charge in [-0.3, -0.25) is 0 Å². The second-order valence-corrected chi connectivity index (χ2v) is 3.86. The second kappa shape index (κ2) is 6.22. The largest absolute Gasteiger partial charge is 0.489 e. The van der Waals surface area contributed by atoms with Crippen molar-refractivity contribution >= 4 is 5.71 Å². The Kier molecular flexibility index (Phi) is 4.14. The molecule has 0 saturated heterocycles. The van der Waals surface area contributed by atoms with Crippen molar-refractivity contribution in [3.05, 3.63) is 65.7 Å². The fourth-order valence-electron chi connectivity index (χ4n) is 1.64. The first kappa shape index (κ1) is 12.7. The minimum Gasteiger partial charge on any atom is -0.489 e. The van der Waals surface area contributed by atoms with E-state index in [-0.39, 0.29) is 5.71 Å². The molecule has 0 atom stereocenters. The Morgan fingerprint density at radius 1 is 1.16 bits per heavy atom. The summed E-state index contributed by atoms with van der Waals surface area (Å²) < 4.78 is 5.61. The van der Waals surface area contributed by atoms with Crippen LogP contribution in [0.25, 0.3) is 0 Å². The van der Waals surface area contributed by atoms with Gasteiger partial charge in [0.1, 0.15) is 18.4 Å². The molecule has 0 aromatic heterocycles. The summed E-state index contributed by atoms with van der Waals surface area (Å²) in [7, 11) is 0. The van der Waals surface area contributed by atoms with E-state index in [1.807, 2.05) is 42.5 Å². The quantitative estimate of drug-likeness (QED) is 0.517. The van der Waals surface area contributed by atoms with Crippen LogP contribution in [0.5, 0.6) is 5.75 Å². The summed E-state index contributed by atoms with van der Waals surface area (Å²) in [5, 5.41) is 20.5. The van der Waals surface area contributed by atoms with Gasteiger partial charge in [-0.1, -0.05) is 41.6 Å². The summed E-state index contributed by atoms with van der Waals surface area (Å²) in [5.41, 5.74) is 1.46. The summed E-state index contributed by atoms with van der Waals surface area (Å²) in [5.74, 6) is 0.782.